The minimum atomic E-state index is -4.03. The molecule has 17 heavy (non-hydrogen) atoms. The summed E-state index contributed by atoms with van der Waals surface area (Å²) in [6.45, 7) is 0.408. The molecule has 1 aromatic carbocycles. The van der Waals surface area contributed by atoms with Crippen LogP contribution in [0.4, 0.5) is 13.2 Å². The highest BCUT2D eigenvalue weighted by Crippen LogP contribution is 2.17. The maximum Gasteiger partial charge on any atom is 0.240 e. The van der Waals surface area contributed by atoms with Crippen molar-refractivity contribution < 1.29 is 21.6 Å². The molecule has 4 nitrogen and oxygen atoms in total. The second kappa shape index (κ2) is 5.48. The van der Waals surface area contributed by atoms with E-state index in [-0.39, 0.29) is 6.54 Å². The summed E-state index contributed by atoms with van der Waals surface area (Å²) >= 11 is 0. The van der Waals surface area contributed by atoms with Crippen LogP contribution in [0.5, 0.6) is 0 Å². The molecule has 0 bridgehead atoms. The van der Waals surface area contributed by atoms with Gasteiger partial charge in [-0.05, 0) is 19.2 Å². The first-order valence-corrected chi connectivity index (χ1v) is 6.15. The first kappa shape index (κ1) is 13.9. The van der Waals surface area contributed by atoms with Crippen molar-refractivity contribution in [1.29, 1.82) is 0 Å². The number of halogens is 3. The van der Waals surface area contributed by atoms with Gasteiger partial charge in [0.2, 0.25) is 10.0 Å². The van der Waals surface area contributed by atoms with E-state index in [2.05, 4.69) is 10.0 Å². The lowest BCUT2D eigenvalue weighted by molar-refractivity contribution is 0.442. The Morgan fingerprint density at radius 2 is 1.65 bits per heavy atom. The summed E-state index contributed by atoms with van der Waals surface area (Å²) in [5, 5.41) is 2.69. The summed E-state index contributed by atoms with van der Waals surface area (Å²) in [5.74, 6) is -4.78. The van der Waals surface area contributed by atoms with Crippen molar-refractivity contribution >= 4 is 10.0 Å². The van der Waals surface area contributed by atoms with Crippen LogP contribution in [0.3, 0.4) is 0 Å². The summed E-state index contributed by atoms with van der Waals surface area (Å²) in [6, 6.07) is 0.861. The zero-order valence-electron chi connectivity index (χ0n) is 8.93. The van der Waals surface area contributed by atoms with Gasteiger partial charge < -0.3 is 5.32 Å². The molecule has 0 aliphatic rings. The first-order valence-electron chi connectivity index (χ1n) is 4.67. The molecule has 2 N–H and O–H groups in total. The Hall–Kier alpha value is -1.12. The van der Waals surface area contributed by atoms with E-state index in [1.807, 2.05) is 0 Å². The number of hydrogen-bond acceptors (Lipinski definition) is 3. The molecule has 0 atom stereocenters. The van der Waals surface area contributed by atoms with Crippen LogP contribution in [0.2, 0.25) is 0 Å². The molecule has 8 heteroatoms. The number of nitrogens with one attached hydrogen (secondary N) is 2. The molecule has 0 amide bonds. The number of likely N-dealkylation sites (N-methyl/N-ethyl adjacent to an activating group) is 1. The van der Waals surface area contributed by atoms with Gasteiger partial charge in [0, 0.05) is 13.1 Å². The van der Waals surface area contributed by atoms with Crippen LogP contribution < -0.4 is 10.0 Å². The molecule has 0 aliphatic heterocycles. The highest BCUT2D eigenvalue weighted by Gasteiger charge is 2.19. The number of sulfonamides is 1. The average Bonchev–Trinajstić information content (AvgIpc) is 2.25. The van der Waals surface area contributed by atoms with E-state index < -0.39 is 32.4 Å². The molecule has 0 unspecified atom stereocenters. The Morgan fingerprint density at radius 1 is 1.12 bits per heavy atom. The van der Waals surface area contributed by atoms with E-state index >= 15 is 0 Å². The normalized spacial score (nSPS) is 11.8. The predicted molar refractivity (Wildman–Crippen MR) is 55.4 cm³/mol. The van der Waals surface area contributed by atoms with Crippen molar-refractivity contribution in [2.45, 2.75) is 4.90 Å². The van der Waals surface area contributed by atoms with E-state index in [1.54, 1.807) is 7.05 Å². The van der Waals surface area contributed by atoms with Crippen molar-refractivity contribution in [1.82, 2.24) is 10.0 Å². The van der Waals surface area contributed by atoms with Gasteiger partial charge in [-0.3, -0.25) is 0 Å². The third-order valence-electron chi connectivity index (χ3n) is 1.93. The maximum atomic E-state index is 12.8. The van der Waals surface area contributed by atoms with Crippen LogP contribution in [0.15, 0.2) is 17.0 Å². The van der Waals surface area contributed by atoms with Gasteiger partial charge >= 0.3 is 0 Å². The third kappa shape index (κ3) is 3.42. The van der Waals surface area contributed by atoms with Gasteiger partial charge in [0.25, 0.3) is 0 Å². The largest absolute Gasteiger partial charge is 0.318 e. The Morgan fingerprint density at radius 3 is 2.12 bits per heavy atom. The summed E-state index contributed by atoms with van der Waals surface area (Å²) in [6.07, 6.45) is 0. The van der Waals surface area contributed by atoms with E-state index in [4.69, 9.17) is 0 Å². The van der Waals surface area contributed by atoms with E-state index in [1.165, 1.54) is 0 Å². The highest BCUT2D eigenvalue weighted by molar-refractivity contribution is 7.89. The topological polar surface area (TPSA) is 58.2 Å². The summed E-state index contributed by atoms with van der Waals surface area (Å²) in [4.78, 5) is -0.648. The van der Waals surface area contributed by atoms with Crippen LogP contribution in [0, 0.1) is 17.5 Å². The Bertz CT molecular complexity index is 482. The number of rotatable bonds is 5. The quantitative estimate of drug-likeness (QED) is 0.607. The van der Waals surface area contributed by atoms with Gasteiger partial charge in [0.1, 0.15) is 0 Å². The lowest BCUT2D eigenvalue weighted by Crippen LogP contribution is -2.30. The lowest BCUT2D eigenvalue weighted by Gasteiger charge is -2.07. The van der Waals surface area contributed by atoms with Crippen molar-refractivity contribution in [3.63, 3.8) is 0 Å². The number of hydrogen-bond donors (Lipinski definition) is 2. The second-order valence-corrected chi connectivity index (χ2v) is 4.97. The zero-order valence-corrected chi connectivity index (χ0v) is 9.74. The van der Waals surface area contributed by atoms with Crippen LogP contribution in [-0.2, 0) is 10.0 Å². The maximum absolute atomic E-state index is 12.8. The van der Waals surface area contributed by atoms with Crippen LogP contribution >= 0.6 is 0 Å². The molecule has 0 saturated carbocycles. The fraction of sp³-hybridized carbons (Fsp3) is 0.333. The van der Waals surface area contributed by atoms with Gasteiger partial charge in [-0.15, -0.1) is 0 Å². The summed E-state index contributed by atoms with van der Waals surface area (Å²) in [7, 11) is -2.41. The monoisotopic (exact) mass is 268 g/mol. The van der Waals surface area contributed by atoms with E-state index in [0.717, 1.165) is 0 Å². The second-order valence-electron chi connectivity index (χ2n) is 3.20. The molecule has 0 heterocycles. The Balaban J connectivity index is 2.99. The molecule has 0 fully saturated rings. The standard InChI is InChI=1S/C9H11F3N2O2S/c1-13-2-3-14-17(15,16)6-4-7(10)9(12)8(11)5-6/h4-5,13-14H,2-3H2,1H3. The molecular weight excluding hydrogens is 257 g/mol. The van der Waals surface area contributed by atoms with Gasteiger partial charge in [0.15, 0.2) is 17.5 Å². The molecular formula is C9H11F3N2O2S. The van der Waals surface area contributed by atoms with E-state index in [9.17, 15) is 21.6 Å². The van der Waals surface area contributed by atoms with Crippen molar-refractivity contribution in [2.24, 2.45) is 0 Å². The van der Waals surface area contributed by atoms with Gasteiger partial charge in [-0.2, -0.15) is 0 Å². The van der Waals surface area contributed by atoms with Gasteiger partial charge in [0.05, 0.1) is 4.90 Å². The van der Waals surface area contributed by atoms with E-state index in [0.29, 0.717) is 18.7 Å². The zero-order chi connectivity index (χ0) is 13.1. The first-order chi connectivity index (χ1) is 7.88. The van der Waals surface area contributed by atoms with Gasteiger partial charge in [-0.1, -0.05) is 0 Å². The van der Waals surface area contributed by atoms with Crippen molar-refractivity contribution in [3.8, 4) is 0 Å². The highest BCUT2D eigenvalue weighted by atomic mass is 32.2. The average molecular weight is 268 g/mol. The Kier molecular flexibility index (Phi) is 4.49. The summed E-state index contributed by atoms with van der Waals surface area (Å²) in [5.41, 5.74) is 0. The van der Waals surface area contributed by atoms with Crippen LogP contribution in [0.1, 0.15) is 0 Å². The Labute approximate surface area is 96.9 Å². The number of benzene rings is 1. The fourth-order valence-electron chi connectivity index (χ4n) is 1.08. The molecule has 96 valence electrons. The molecule has 1 aromatic rings. The fourth-order valence-corrected chi connectivity index (χ4v) is 2.14. The smallest absolute Gasteiger partial charge is 0.240 e. The molecule has 0 radical (unpaired) electrons. The minimum absolute atomic E-state index is 0.0550. The molecule has 0 aromatic heterocycles. The summed E-state index contributed by atoms with van der Waals surface area (Å²) < 4.78 is 63.5. The van der Waals surface area contributed by atoms with Crippen molar-refractivity contribution in [2.75, 3.05) is 20.1 Å². The predicted octanol–water partition coefficient (Wildman–Crippen LogP) is 0.602. The molecule has 0 saturated heterocycles. The van der Waals surface area contributed by atoms with Crippen LogP contribution in [-0.4, -0.2) is 28.6 Å². The SMILES string of the molecule is CNCCNS(=O)(=O)c1cc(F)c(F)c(F)c1. The lowest BCUT2D eigenvalue weighted by atomic mass is 10.3. The van der Waals surface area contributed by atoms with Crippen LogP contribution in [0.25, 0.3) is 0 Å². The molecule has 0 spiro atoms. The molecule has 0 aliphatic carbocycles. The third-order valence-corrected chi connectivity index (χ3v) is 3.38. The molecule has 1 rings (SSSR count). The van der Waals surface area contributed by atoms with Crippen molar-refractivity contribution in [3.05, 3.63) is 29.6 Å². The van der Waals surface area contributed by atoms with Gasteiger partial charge in [-0.25, -0.2) is 26.3 Å². The minimum Gasteiger partial charge on any atom is -0.318 e.